The molecule has 0 N–H and O–H groups in total. The first-order valence-corrected chi connectivity index (χ1v) is 3.62. The fraction of sp³-hybridized carbons (Fsp3) is 0.111. The highest BCUT2D eigenvalue weighted by atomic mass is 19.4. The van der Waals surface area contributed by atoms with Gasteiger partial charge in [-0.3, -0.25) is 9.59 Å². The lowest BCUT2D eigenvalue weighted by atomic mass is 10.0. The van der Waals surface area contributed by atoms with E-state index in [1.54, 1.807) is 0 Å². The summed E-state index contributed by atoms with van der Waals surface area (Å²) in [5, 5.41) is 0. The summed E-state index contributed by atoms with van der Waals surface area (Å²) in [4.78, 5) is 20.9. The van der Waals surface area contributed by atoms with Gasteiger partial charge in [0.1, 0.15) is 0 Å². The van der Waals surface area contributed by atoms with E-state index in [9.17, 15) is 22.8 Å². The van der Waals surface area contributed by atoms with Crippen LogP contribution in [0.2, 0.25) is 0 Å². The average Bonchev–Trinajstić information content (AvgIpc) is 2.15. The third kappa shape index (κ3) is 1.99. The van der Waals surface area contributed by atoms with Crippen molar-refractivity contribution in [2.75, 3.05) is 0 Å². The van der Waals surface area contributed by atoms with Crippen LogP contribution >= 0.6 is 0 Å². The van der Waals surface area contributed by atoms with E-state index in [0.29, 0.717) is 0 Å². The Morgan fingerprint density at radius 2 is 1.79 bits per heavy atom. The number of alkyl halides is 3. The molecule has 0 aliphatic heterocycles. The van der Waals surface area contributed by atoms with Crippen molar-refractivity contribution in [3.8, 4) is 0 Å². The van der Waals surface area contributed by atoms with Gasteiger partial charge in [0.25, 0.3) is 0 Å². The van der Waals surface area contributed by atoms with Gasteiger partial charge in [-0.15, -0.1) is 0 Å². The molecule has 0 heterocycles. The Morgan fingerprint density at radius 3 is 2.29 bits per heavy atom. The minimum atomic E-state index is -4.62. The normalized spacial score (nSPS) is 11.1. The van der Waals surface area contributed by atoms with Gasteiger partial charge in [0, 0.05) is 5.56 Å². The van der Waals surface area contributed by atoms with Crippen LogP contribution in [0, 0.1) is 0 Å². The van der Waals surface area contributed by atoms with Gasteiger partial charge in [-0.05, 0) is 6.07 Å². The molecule has 74 valence electrons. The van der Waals surface area contributed by atoms with E-state index in [2.05, 4.69) is 0 Å². The molecule has 0 fully saturated rings. The van der Waals surface area contributed by atoms with Gasteiger partial charge in [0.05, 0.1) is 5.56 Å². The van der Waals surface area contributed by atoms with E-state index in [-0.39, 0.29) is 6.29 Å². The first-order valence-electron chi connectivity index (χ1n) is 3.62. The highest BCUT2D eigenvalue weighted by molar-refractivity contribution is 6.33. The Labute approximate surface area is 77.3 Å². The molecule has 1 rings (SSSR count). The molecule has 0 aromatic heterocycles. The first kappa shape index (κ1) is 10.4. The third-order valence-electron chi connectivity index (χ3n) is 1.60. The van der Waals surface area contributed by atoms with Gasteiger partial charge in [0.15, 0.2) is 6.29 Å². The highest BCUT2D eigenvalue weighted by Crippen LogP contribution is 2.31. The summed E-state index contributed by atoms with van der Waals surface area (Å²) >= 11 is 0. The summed E-state index contributed by atoms with van der Waals surface area (Å²) in [6, 6.07) is 4.16. The molecule has 2 nitrogen and oxygen atoms in total. The van der Waals surface area contributed by atoms with Crippen LogP contribution < -0.4 is 0 Å². The molecule has 0 aliphatic carbocycles. The molecule has 0 amide bonds. The summed E-state index contributed by atoms with van der Waals surface area (Å²) in [6.45, 7) is 0. The molecule has 0 atom stereocenters. The van der Waals surface area contributed by atoms with Crippen LogP contribution in [-0.2, 0) is 11.0 Å². The van der Waals surface area contributed by atoms with Crippen molar-refractivity contribution in [2.45, 2.75) is 6.18 Å². The van der Waals surface area contributed by atoms with Crippen LogP contribution in [0.4, 0.5) is 13.2 Å². The molecule has 0 saturated carbocycles. The quantitative estimate of drug-likeness (QED) is 0.418. The Kier molecular flexibility index (Phi) is 2.69. The molecule has 5 heteroatoms. The molecule has 0 aliphatic rings. The highest BCUT2D eigenvalue weighted by Gasteiger charge is 2.34. The summed E-state index contributed by atoms with van der Waals surface area (Å²) in [7, 11) is 0. The van der Waals surface area contributed by atoms with Gasteiger partial charge in [-0.2, -0.15) is 13.2 Å². The molecule has 0 spiro atoms. The van der Waals surface area contributed by atoms with Crippen LogP contribution in [0.5, 0.6) is 0 Å². The molecule has 0 unspecified atom stereocenters. The molecule has 1 aromatic rings. The number of carbonyl (C=O) groups is 2. The summed E-state index contributed by atoms with van der Waals surface area (Å²) < 4.78 is 36.8. The average molecular weight is 202 g/mol. The number of hydrogen-bond acceptors (Lipinski definition) is 2. The van der Waals surface area contributed by atoms with Crippen molar-refractivity contribution >= 4 is 12.1 Å². The lowest BCUT2D eigenvalue weighted by molar-refractivity contribution is -0.137. The zero-order valence-electron chi connectivity index (χ0n) is 6.84. The predicted octanol–water partition coefficient (Wildman–Crippen LogP) is 2.09. The van der Waals surface area contributed by atoms with E-state index < -0.39 is 23.1 Å². The summed E-state index contributed by atoms with van der Waals surface area (Å²) in [5.41, 5.74) is -1.70. The second-order valence-corrected chi connectivity index (χ2v) is 2.53. The Bertz CT molecular complexity index is 369. The largest absolute Gasteiger partial charge is 0.417 e. The smallest absolute Gasteiger partial charge is 0.294 e. The lowest BCUT2D eigenvalue weighted by Gasteiger charge is -2.09. The monoisotopic (exact) mass is 202 g/mol. The zero-order chi connectivity index (χ0) is 10.8. The minimum Gasteiger partial charge on any atom is -0.294 e. The number of carbonyl (C=O) groups excluding carboxylic acids is 2. The van der Waals surface area contributed by atoms with Crippen molar-refractivity contribution in [1.29, 1.82) is 0 Å². The van der Waals surface area contributed by atoms with Gasteiger partial charge in [-0.25, -0.2) is 0 Å². The van der Waals surface area contributed by atoms with Crippen molar-refractivity contribution < 1.29 is 22.8 Å². The van der Waals surface area contributed by atoms with Gasteiger partial charge in [0.2, 0.25) is 5.78 Å². The Morgan fingerprint density at radius 1 is 1.21 bits per heavy atom. The van der Waals surface area contributed by atoms with Crippen LogP contribution in [0.25, 0.3) is 0 Å². The number of Topliss-reactive ketones (excluding diaryl/α,β-unsaturated/α-hetero) is 1. The van der Waals surface area contributed by atoms with Gasteiger partial charge in [-0.1, -0.05) is 18.2 Å². The van der Waals surface area contributed by atoms with E-state index in [4.69, 9.17) is 0 Å². The fourth-order valence-electron chi connectivity index (χ4n) is 1.01. The molecule has 1 aromatic carbocycles. The molecule has 0 radical (unpaired) electrons. The van der Waals surface area contributed by atoms with E-state index in [0.717, 1.165) is 18.2 Å². The summed E-state index contributed by atoms with van der Waals surface area (Å²) in [5.74, 6) is -1.17. The molecule has 0 saturated heterocycles. The lowest BCUT2D eigenvalue weighted by Crippen LogP contribution is -2.13. The number of hydrogen-bond donors (Lipinski definition) is 0. The van der Waals surface area contributed by atoms with Crippen molar-refractivity contribution in [1.82, 2.24) is 0 Å². The summed E-state index contributed by atoms with van der Waals surface area (Å²) in [6.07, 6.45) is -4.75. The molecular formula is C9H5F3O2. The van der Waals surface area contributed by atoms with Crippen molar-refractivity contribution in [3.63, 3.8) is 0 Å². The Balaban J connectivity index is 3.30. The van der Waals surface area contributed by atoms with E-state index in [1.807, 2.05) is 0 Å². The predicted molar refractivity (Wildman–Crippen MR) is 41.8 cm³/mol. The maximum absolute atomic E-state index is 12.3. The van der Waals surface area contributed by atoms with Crippen LogP contribution in [0.3, 0.4) is 0 Å². The second-order valence-electron chi connectivity index (χ2n) is 2.53. The number of benzene rings is 1. The van der Waals surface area contributed by atoms with Crippen molar-refractivity contribution in [2.24, 2.45) is 0 Å². The van der Waals surface area contributed by atoms with Gasteiger partial charge < -0.3 is 0 Å². The molecule has 0 bridgehead atoms. The van der Waals surface area contributed by atoms with Crippen LogP contribution in [0.1, 0.15) is 15.9 Å². The van der Waals surface area contributed by atoms with Crippen molar-refractivity contribution in [3.05, 3.63) is 35.4 Å². The first-order chi connectivity index (χ1) is 6.46. The van der Waals surface area contributed by atoms with Crippen LogP contribution in [0.15, 0.2) is 24.3 Å². The molecule has 14 heavy (non-hydrogen) atoms. The SMILES string of the molecule is O=CC(=O)c1ccccc1C(F)(F)F. The number of rotatable bonds is 2. The number of ketones is 1. The molecular weight excluding hydrogens is 197 g/mol. The van der Waals surface area contributed by atoms with Gasteiger partial charge >= 0.3 is 6.18 Å². The third-order valence-corrected chi connectivity index (χ3v) is 1.60. The van der Waals surface area contributed by atoms with Crippen LogP contribution in [-0.4, -0.2) is 12.1 Å². The number of halogens is 3. The zero-order valence-corrected chi connectivity index (χ0v) is 6.84. The van der Waals surface area contributed by atoms with E-state index >= 15 is 0 Å². The number of aldehydes is 1. The fourth-order valence-corrected chi connectivity index (χ4v) is 1.01. The second kappa shape index (κ2) is 3.61. The maximum atomic E-state index is 12.3. The topological polar surface area (TPSA) is 34.1 Å². The standard InChI is InChI=1S/C9H5F3O2/c10-9(11,12)7-4-2-1-3-6(7)8(14)5-13/h1-5H. The van der Waals surface area contributed by atoms with E-state index in [1.165, 1.54) is 6.07 Å². The Hall–Kier alpha value is -1.65. The maximum Gasteiger partial charge on any atom is 0.417 e. The minimum absolute atomic E-state index is 0.134.